The number of esters is 1. The summed E-state index contributed by atoms with van der Waals surface area (Å²) in [6, 6.07) is 5.75. The topological polar surface area (TPSA) is 80.7 Å². The van der Waals surface area contributed by atoms with Gasteiger partial charge in [0.15, 0.2) is 5.78 Å². The summed E-state index contributed by atoms with van der Waals surface area (Å²) in [7, 11) is 0. The van der Waals surface area contributed by atoms with Gasteiger partial charge in [-0.25, -0.2) is 9.59 Å². The van der Waals surface area contributed by atoms with Crippen LogP contribution in [0, 0.1) is 0 Å². The monoisotopic (exact) mass is 278 g/mol. The highest BCUT2D eigenvalue weighted by molar-refractivity contribution is 6.02. The Morgan fingerprint density at radius 3 is 2.25 bits per heavy atom. The molecule has 0 spiro atoms. The van der Waals surface area contributed by atoms with E-state index >= 15 is 0 Å². The average Bonchev–Trinajstić information content (AvgIpc) is 2.38. The Hall–Kier alpha value is -2.43. The normalized spacial score (nSPS) is 9.25. The number of rotatable bonds is 6. The first kappa shape index (κ1) is 17.6. The van der Waals surface area contributed by atoms with Gasteiger partial charge in [0.1, 0.15) is 0 Å². The summed E-state index contributed by atoms with van der Waals surface area (Å²) in [5, 5.41) is 8.93. The van der Waals surface area contributed by atoms with E-state index in [0.717, 1.165) is 0 Å². The lowest BCUT2D eigenvalue weighted by molar-refractivity contribution is -0.116. The maximum atomic E-state index is 11.7. The predicted octanol–water partition coefficient (Wildman–Crippen LogP) is 2.71. The third kappa shape index (κ3) is 4.68. The molecule has 20 heavy (non-hydrogen) atoms. The van der Waals surface area contributed by atoms with Gasteiger partial charge >= 0.3 is 11.9 Å². The lowest BCUT2D eigenvalue weighted by Crippen LogP contribution is -2.14. The van der Waals surface area contributed by atoms with Crippen LogP contribution in [0.2, 0.25) is 0 Å². The number of Topliss-reactive ketones (excluding diaryl/α,β-unsaturated/α-hetero) is 1. The first-order valence-corrected chi connectivity index (χ1v) is 5.61. The molecule has 0 aliphatic rings. The van der Waals surface area contributed by atoms with Gasteiger partial charge in [0, 0.05) is 6.42 Å². The van der Waals surface area contributed by atoms with Crippen molar-refractivity contribution in [2.24, 2.45) is 0 Å². The van der Waals surface area contributed by atoms with Crippen molar-refractivity contribution in [2.45, 2.75) is 20.8 Å². The number of carbonyl (C=O) groups excluding carboxylic acids is 2. The van der Waals surface area contributed by atoms with Gasteiger partial charge in [-0.15, -0.1) is 0 Å². The van der Waals surface area contributed by atoms with Gasteiger partial charge in [0.05, 0.1) is 17.7 Å². The number of ketones is 1. The molecule has 1 aromatic carbocycles. The number of hydrogen-bond acceptors (Lipinski definition) is 4. The van der Waals surface area contributed by atoms with Crippen LogP contribution < -0.4 is 0 Å². The molecule has 0 saturated carbocycles. The number of ether oxygens (including phenoxy) is 1. The third-order valence-corrected chi connectivity index (χ3v) is 2.42. The molecule has 1 aromatic rings. The molecule has 0 saturated heterocycles. The fourth-order valence-corrected chi connectivity index (χ4v) is 1.38. The Labute approximate surface area is 117 Å². The average molecular weight is 278 g/mol. The van der Waals surface area contributed by atoms with Crippen molar-refractivity contribution in [2.75, 3.05) is 6.61 Å². The second kappa shape index (κ2) is 7.89. The standard InChI is InChI=1S/C14H14O5.CH4/c1-9(2)12(15)7-8-19-14(18)11-6-4-3-5-10(11)13(16)17;/h3-6H,1,7-8H2,2H3,(H,16,17);1H4. The number of benzene rings is 1. The minimum Gasteiger partial charge on any atom is -0.478 e. The molecule has 0 amide bonds. The van der Waals surface area contributed by atoms with Gasteiger partial charge < -0.3 is 9.84 Å². The number of allylic oxidation sites excluding steroid dienone is 1. The number of carboxylic acids is 1. The molecule has 0 unspecified atom stereocenters. The Morgan fingerprint density at radius 1 is 1.20 bits per heavy atom. The summed E-state index contributed by atoms with van der Waals surface area (Å²) < 4.78 is 4.88. The number of aromatic carboxylic acids is 1. The minimum absolute atomic E-state index is 0. The molecular weight excluding hydrogens is 260 g/mol. The predicted molar refractivity (Wildman–Crippen MR) is 74.9 cm³/mol. The van der Waals surface area contributed by atoms with Crippen molar-refractivity contribution in [3.8, 4) is 0 Å². The van der Waals surface area contributed by atoms with Crippen LogP contribution in [-0.4, -0.2) is 29.4 Å². The summed E-state index contributed by atoms with van der Waals surface area (Å²) in [5.41, 5.74) is 0.235. The second-order valence-corrected chi connectivity index (χ2v) is 3.94. The van der Waals surface area contributed by atoms with E-state index in [9.17, 15) is 14.4 Å². The van der Waals surface area contributed by atoms with Crippen molar-refractivity contribution in [1.82, 2.24) is 0 Å². The summed E-state index contributed by atoms with van der Waals surface area (Å²) in [5.74, 6) is -2.16. The van der Waals surface area contributed by atoms with Crippen LogP contribution in [0.4, 0.5) is 0 Å². The zero-order valence-electron chi connectivity index (χ0n) is 10.5. The van der Waals surface area contributed by atoms with Crippen LogP contribution in [0.5, 0.6) is 0 Å². The van der Waals surface area contributed by atoms with Crippen LogP contribution in [-0.2, 0) is 9.53 Å². The molecule has 108 valence electrons. The van der Waals surface area contributed by atoms with E-state index in [1.807, 2.05) is 0 Å². The van der Waals surface area contributed by atoms with Crippen molar-refractivity contribution in [3.05, 3.63) is 47.5 Å². The SMILES string of the molecule is C.C=C(C)C(=O)CCOC(=O)c1ccccc1C(=O)O. The minimum atomic E-state index is -1.20. The molecule has 0 radical (unpaired) electrons. The highest BCUT2D eigenvalue weighted by Gasteiger charge is 2.17. The molecule has 0 aromatic heterocycles. The molecule has 0 fully saturated rings. The Bertz CT molecular complexity index is 531. The molecule has 5 heteroatoms. The lowest BCUT2D eigenvalue weighted by atomic mass is 10.1. The molecule has 5 nitrogen and oxygen atoms in total. The van der Waals surface area contributed by atoms with E-state index in [1.54, 1.807) is 13.0 Å². The Balaban J connectivity index is 0.00000361. The van der Waals surface area contributed by atoms with Crippen LogP contribution in [0.25, 0.3) is 0 Å². The largest absolute Gasteiger partial charge is 0.478 e. The fraction of sp³-hybridized carbons (Fsp3) is 0.267. The maximum absolute atomic E-state index is 11.7. The van der Waals surface area contributed by atoms with E-state index in [-0.39, 0.29) is 37.4 Å². The van der Waals surface area contributed by atoms with Crippen LogP contribution in [0.3, 0.4) is 0 Å². The van der Waals surface area contributed by atoms with Gasteiger partial charge in [-0.05, 0) is 24.6 Å². The molecule has 0 aliphatic carbocycles. The van der Waals surface area contributed by atoms with E-state index in [4.69, 9.17) is 9.84 Å². The highest BCUT2D eigenvalue weighted by atomic mass is 16.5. The smallest absolute Gasteiger partial charge is 0.339 e. The van der Waals surface area contributed by atoms with Gasteiger partial charge in [-0.1, -0.05) is 26.1 Å². The molecule has 0 heterocycles. The van der Waals surface area contributed by atoms with E-state index in [1.165, 1.54) is 18.2 Å². The second-order valence-electron chi connectivity index (χ2n) is 3.94. The van der Waals surface area contributed by atoms with E-state index < -0.39 is 11.9 Å². The molecule has 1 N–H and O–H groups in total. The Morgan fingerprint density at radius 2 is 1.75 bits per heavy atom. The maximum Gasteiger partial charge on any atom is 0.339 e. The summed E-state index contributed by atoms with van der Waals surface area (Å²) >= 11 is 0. The van der Waals surface area contributed by atoms with Crippen LogP contribution in [0.15, 0.2) is 36.4 Å². The summed E-state index contributed by atoms with van der Waals surface area (Å²) in [6.45, 7) is 4.96. The van der Waals surface area contributed by atoms with Gasteiger partial charge in [-0.3, -0.25) is 4.79 Å². The van der Waals surface area contributed by atoms with Gasteiger partial charge in [-0.2, -0.15) is 0 Å². The van der Waals surface area contributed by atoms with Crippen LogP contribution in [0.1, 0.15) is 41.5 Å². The number of hydrogen-bond donors (Lipinski definition) is 1. The first-order chi connectivity index (χ1) is 8.93. The van der Waals surface area contributed by atoms with Gasteiger partial charge in [0.25, 0.3) is 0 Å². The van der Waals surface area contributed by atoms with E-state index in [2.05, 4.69) is 6.58 Å². The quantitative estimate of drug-likeness (QED) is 0.639. The summed E-state index contributed by atoms with van der Waals surface area (Å²) in [6.07, 6.45) is 0.0380. The zero-order valence-corrected chi connectivity index (χ0v) is 10.5. The molecular formula is C15H18O5. The van der Waals surface area contributed by atoms with Crippen molar-refractivity contribution >= 4 is 17.7 Å². The fourth-order valence-electron chi connectivity index (χ4n) is 1.38. The number of carbonyl (C=O) groups is 3. The van der Waals surface area contributed by atoms with E-state index in [0.29, 0.717) is 5.57 Å². The summed E-state index contributed by atoms with van der Waals surface area (Å²) in [4.78, 5) is 33.9. The zero-order chi connectivity index (χ0) is 14.4. The molecule has 0 atom stereocenters. The van der Waals surface area contributed by atoms with Crippen molar-refractivity contribution < 1.29 is 24.2 Å². The Kier molecular flexibility index (Phi) is 6.93. The molecule has 0 aliphatic heterocycles. The van der Waals surface area contributed by atoms with Crippen molar-refractivity contribution in [1.29, 1.82) is 0 Å². The van der Waals surface area contributed by atoms with Crippen molar-refractivity contribution in [3.63, 3.8) is 0 Å². The lowest BCUT2D eigenvalue weighted by Gasteiger charge is -2.06. The first-order valence-electron chi connectivity index (χ1n) is 5.61. The highest BCUT2D eigenvalue weighted by Crippen LogP contribution is 2.10. The number of carboxylic acid groups (broad SMARTS) is 1. The molecule has 1 rings (SSSR count). The van der Waals surface area contributed by atoms with Gasteiger partial charge in [0.2, 0.25) is 0 Å². The molecule has 0 bridgehead atoms. The van der Waals surface area contributed by atoms with Crippen LogP contribution >= 0.6 is 0 Å². The third-order valence-electron chi connectivity index (χ3n) is 2.42.